The maximum atomic E-state index is 12.2. The summed E-state index contributed by atoms with van der Waals surface area (Å²) in [5.41, 5.74) is 2.86. The molecule has 2 amide bonds. The fraction of sp³-hybridized carbons (Fsp3) is 0.440. The number of nitrogens with one attached hydrogen (secondary N) is 2. The number of amides is 2. The number of anilines is 1. The third-order valence-corrected chi connectivity index (χ3v) is 5.77. The molecule has 172 valence electrons. The van der Waals surface area contributed by atoms with Crippen molar-refractivity contribution in [2.45, 2.75) is 19.8 Å². The van der Waals surface area contributed by atoms with Crippen molar-refractivity contribution >= 4 is 17.5 Å². The quantitative estimate of drug-likeness (QED) is 0.620. The first-order valence-corrected chi connectivity index (χ1v) is 11.2. The second-order valence-electron chi connectivity index (χ2n) is 8.50. The lowest BCUT2D eigenvalue weighted by atomic mass is 9.99. The summed E-state index contributed by atoms with van der Waals surface area (Å²) in [7, 11) is 2.14. The van der Waals surface area contributed by atoms with Gasteiger partial charge in [0.05, 0.1) is 0 Å². The van der Waals surface area contributed by atoms with Crippen molar-refractivity contribution in [3.8, 4) is 5.75 Å². The van der Waals surface area contributed by atoms with Gasteiger partial charge in [0.1, 0.15) is 12.4 Å². The number of hydrogen-bond acceptors (Lipinski definition) is 5. The van der Waals surface area contributed by atoms with Crippen LogP contribution >= 0.6 is 0 Å². The van der Waals surface area contributed by atoms with E-state index >= 15 is 0 Å². The lowest BCUT2D eigenvalue weighted by molar-refractivity contribution is -0.136. The van der Waals surface area contributed by atoms with Crippen LogP contribution in [-0.4, -0.2) is 74.5 Å². The van der Waals surface area contributed by atoms with E-state index in [1.807, 2.05) is 32.0 Å². The summed E-state index contributed by atoms with van der Waals surface area (Å²) in [5.74, 6) is -0.454. The van der Waals surface area contributed by atoms with E-state index in [0.29, 0.717) is 18.8 Å². The fourth-order valence-electron chi connectivity index (χ4n) is 3.61. The van der Waals surface area contributed by atoms with Crippen LogP contribution in [0.1, 0.15) is 24.0 Å². The lowest BCUT2D eigenvalue weighted by Gasteiger charge is -2.32. The van der Waals surface area contributed by atoms with Gasteiger partial charge in [0.2, 0.25) is 0 Å². The van der Waals surface area contributed by atoms with Crippen LogP contribution in [0, 0.1) is 6.92 Å². The minimum Gasteiger partial charge on any atom is -0.492 e. The fourth-order valence-corrected chi connectivity index (χ4v) is 3.61. The maximum absolute atomic E-state index is 12.2. The molecule has 0 saturated carbocycles. The van der Waals surface area contributed by atoms with E-state index in [-0.39, 0.29) is 5.92 Å². The van der Waals surface area contributed by atoms with Crippen LogP contribution < -0.4 is 15.4 Å². The van der Waals surface area contributed by atoms with Gasteiger partial charge in [-0.2, -0.15) is 0 Å². The van der Waals surface area contributed by atoms with E-state index < -0.39 is 11.8 Å². The van der Waals surface area contributed by atoms with Gasteiger partial charge in [-0.1, -0.05) is 36.8 Å². The van der Waals surface area contributed by atoms with Crippen molar-refractivity contribution in [1.29, 1.82) is 0 Å². The van der Waals surface area contributed by atoms with Crippen molar-refractivity contribution in [2.24, 2.45) is 0 Å². The van der Waals surface area contributed by atoms with Crippen molar-refractivity contribution < 1.29 is 14.3 Å². The summed E-state index contributed by atoms with van der Waals surface area (Å²) in [6, 6.07) is 15.2. The van der Waals surface area contributed by atoms with E-state index in [4.69, 9.17) is 4.74 Å². The largest absolute Gasteiger partial charge is 0.492 e. The number of rotatable bonds is 8. The highest BCUT2D eigenvalue weighted by Gasteiger charge is 2.16. The molecule has 7 heteroatoms. The summed E-state index contributed by atoms with van der Waals surface area (Å²) in [4.78, 5) is 29.1. The van der Waals surface area contributed by atoms with Gasteiger partial charge >= 0.3 is 11.8 Å². The number of ether oxygens (including phenoxy) is 1. The van der Waals surface area contributed by atoms with E-state index in [9.17, 15) is 9.59 Å². The monoisotopic (exact) mass is 438 g/mol. The molecule has 1 fully saturated rings. The topological polar surface area (TPSA) is 73.9 Å². The van der Waals surface area contributed by atoms with Crippen LogP contribution in [-0.2, 0) is 9.59 Å². The molecule has 0 radical (unpaired) electrons. The van der Waals surface area contributed by atoms with Crippen molar-refractivity contribution in [3.63, 3.8) is 0 Å². The molecule has 1 atom stereocenters. The molecule has 2 aromatic rings. The minimum atomic E-state index is -0.676. The van der Waals surface area contributed by atoms with E-state index in [1.165, 1.54) is 5.56 Å². The standard InChI is InChI=1S/C25H34N4O3/c1-19-5-4-6-21(17-19)20(2)18-26-24(30)25(31)27-22-7-9-23(10-8-22)32-16-15-29-13-11-28(3)12-14-29/h4-10,17,20H,11-16,18H2,1-3H3,(H,26,30)(H,27,31)/t20-/m1/s1. The molecule has 0 bridgehead atoms. The zero-order chi connectivity index (χ0) is 22.9. The van der Waals surface area contributed by atoms with Crippen LogP contribution in [0.3, 0.4) is 0 Å². The van der Waals surface area contributed by atoms with Crippen molar-refractivity contribution in [1.82, 2.24) is 15.1 Å². The number of carbonyl (C=O) groups is 2. The Labute approximate surface area is 190 Å². The number of piperazine rings is 1. The van der Waals surface area contributed by atoms with Crippen LogP contribution in [0.25, 0.3) is 0 Å². The summed E-state index contributed by atoms with van der Waals surface area (Å²) >= 11 is 0. The number of hydrogen-bond donors (Lipinski definition) is 2. The smallest absolute Gasteiger partial charge is 0.313 e. The van der Waals surface area contributed by atoms with E-state index in [2.05, 4.69) is 33.5 Å². The van der Waals surface area contributed by atoms with Crippen LogP contribution in [0.5, 0.6) is 5.75 Å². The average molecular weight is 439 g/mol. The molecule has 2 N–H and O–H groups in total. The first kappa shape index (κ1) is 23.8. The van der Waals surface area contributed by atoms with E-state index in [1.54, 1.807) is 24.3 Å². The first-order valence-electron chi connectivity index (χ1n) is 11.2. The minimum absolute atomic E-state index is 0.119. The molecule has 7 nitrogen and oxygen atoms in total. The number of nitrogens with zero attached hydrogens (tertiary/aromatic N) is 2. The highest BCUT2D eigenvalue weighted by atomic mass is 16.5. The SMILES string of the molecule is Cc1cccc([C@H](C)CNC(=O)C(=O)Nc2ccc(OCCN3CCN(C)CC3)cc2)c1. The average Bonchev–Trinajstić information content (AvgIpc) is 2.79. The Balaban J connectivity index is 1.38. The van der Waals surface area contributed by atoms with Crippen LogP contribution in [0.15, 0.2) is 48.5 Å². The molecule has 0 spiro atoms. The molecule has 1 aliphatic heterocycles. The predicted octanol–water partition coefficient (Wildman–Crippen LogP) is 2.48. The number of aryl methyl sites for hydroxylation is 1. The third kappa shape index (κ3) is 7.35. The van der Waals surface area contributed by atoms with Gasteiger partial charge in [-0.25, -0.2) is 0 Å². The molecule has 0 aliphatic carbocycles. The van der Waals surface area contributed by atoms with Crippen molar-refractivity contribution in [3.05, 3.63) is 59.7 Å². The summed E-state index contributed by atoms with van der Waals surface area (Å²) in [6.07, 6.45) is 0. The summed E-state index contributed by atoms with van der Waals surface area (Å²) < 4.78 is 5.81. The van der Waals surface area contributed by atoms with Crippen molar-refractivity contribution in [2.75, 3.05) is 58.2 Å². The highest BCUT2D eigenvalue weighted by Crippen LogP contribution is 2.17. The Hall–Kier alpha value is -2.90. The second kappa shape index (κ2) is 11.6. The van der Waals surface area contributed by atoms with Gasteiger partial charge in [0.15, 0.2) is 0 Å². The molecule has 0 unspecified atom stereocenters. The number of carbonyl (C=O) groups excluding carboxylic acids is 2. The molecule has 2 aromatic carbocycles. The molecular weight excluding hydrogens is 404 g/mol. The zero-order valence-electron chi connectivity index (χ0n) is 19.3. The van der Waals surface area contributed by atoms with Gasteiger partial charge < -0.3 is 20.3 Å². The van der Waals surface area contributed by atoms with E-state index in [0.717, 1.165) is 44.0 Å². The lowest BCUT2D eigenvalue weighted by Crippen LogP contribution is -2.45. The van der Waals surface area contributed by atoms with Gasteiger partial charge in [-0.15, -0.1) is 0 Å². The third-order valence-electron chi connectivity index (χ3n) is 5.77. The Morgan fingerprint density at radius 1 is 1.03 bits per heavy atom. The molecule has 3 rings (SSSR count). The number of benzene rings is 2. The summed E-state index contributed by atoms with van der Waals surface area (Å²) in [6.45, 7) is 10.3. The zero-order valence-corrected chi connectivity index (χ0v) is 19.3. The second-order valence-corrected chi connectivity index (χ2v) is 8.50. The maximum Gasteiger partial charge on any atom is 0.313 e. The molecule has 1 heterocycles. The normalized spacial score (nSPS) is 15.7. The van der Waals surface area contributed by atoms with Gasteiger partial charge in [-0.05, 0) is 49.7 Å². The number of likely N-dealkylation sites (N-methyl/N-ethyl adjacent to an activating group) is 1. The van der Waals surface area contributed by atoms with Crippen LogP contribution in [0.4, 0.5) is 5.69 Å². The molecule has 1 aliphatic rings. The van der Waals surface area contributed by atoms with Gasteiger partial charge in [-0.3, -0.25) is 14.5 Å². The highest BCUT2D eigenvalue weighted by molar-refractivity contribution is 6.39. The Kier molecular flexibility index (Phi) is 8.64. The summed E-state index contributed by atoms with van der Waals surface area (Å²) in [5, 5.41) is 5.34. The molecule has 0 aromatic heterocycles. The predicted molar refractivity (Wildman–Crippen MR) is 127 cm³/mol. The van der Waals surface area contributed by atoms with Gasteiger partial charge in [0, 0.05) is 45.0 Å². The molecular formula is C25H34N4O3. The molecule has 1 saturated heterocycles. The van der Waals surface area contributed by atoms with Crippen LogP contribution in [0.2, 0.25) is 0 Å². The Morgan fingerprint density at radius 2 is 1.75 bits per heavy atom. The first-order chi connectivity index (χ1) is 15.4. The Morgan fingerprint density at radius 3 is 2.44 bits per heavy atom. The molecule has 32 heavy (non-hydrogen) atoms. The Bertz CT molecular complexity index is 892. The van der Waals surface area contributed by atoms with Gasteiger partial charge in [0.25, 0.3) is 0 Å².